The number of nitrogens with zero attached hydrogens (tertiary/aromatic N) is 6. The summed E-state index contributed by atoms with van der Waals surface area (Å²) in [6, 6.07) is 17.7. The fourth-order valence-electron chi connectivity index (χ4n) is 3.47. The van der Waals surface area contributed by atoms with E-state index in [4.69, 9.17) is 4.74 Å². The molecular formula is C22H26N6O2. The molecule has 4 rings (SSSR count). The van der Waals surface area contributed by atoms with Gasteiger partial charge in [-0.2, -0.15) is 4.68 Å². The maximum atomic E-state index is 12.6. The minimum absolute atomic E-state index is 0.00717. The van der Waals surface area contributed by atoms with Crippen molar-refractivity contribution in [2.45, 2.75) is 19.8 Å². The van der Waals surface area contributed by atoms with E-state index >= 15 is 0 Å². The third-order valence-corrected chi connectivity index (χ3v) is 5.26. The van der Waals surface area contributed by atoms with Crippen molar-refractivity contribution in [1.82, 2.24) is 25.1 Å². The normalized spacial score (nSPS) is 14.2. The minimum atomic E-state index is -0.00717. The van der Waals surface area contributed by atoms with Gasteiger partial charge in [-0.3, -0.25) is 4.79 Å². The van der Waals surface area contributed by atoms with Gasteiger partial charge in [-0.1, -0.05) is 49.3 Å². The lowest BCUT2D eigenvalue weighted by Gasteiger charge is -2.34. The first kappa shape index (κ1) is 19.9. The summed E-state index contributed by atoms with van der Waals surface area (Å²) in [6.07, 6.45) is 0. The van der Waals surface area contributed by atoms with Crippen molar-refractivity contribution in [3.05, 3.63) is 60.2 Å². The van der Waals surface area contributed by atoms with E-state index in [2.05, 4.69) is 40.3 Å². The fourth-order valence-corrected chi connectivity index (χ4v) is 3.47. The van der Waals surface area contributed by atoms with Gasteiger partial charge in [0.1, 0.15) is 5.75 Å². The highest BCUT2D eigenvalue weighted by Crippen LogP contribution is 2.20. The zero-order valence-corrected chi connectivity index (χ0v) is 17.3. The average molecular weight is 406 g/mol. The summed E-state index contributed by atoms with van der Waals surface area (Å²) in [4.78, 5) is 16.5. The van der Waals surface area contributed by atoms with Crippen molar-refractivity contribution in [3.8, 4) is 11.4 Å². The molecule has 2 heterocycles. The molecule has 0 atom stereocenters. The first-order valence-corrected chi connectivity index (χ1v) is 10.2. The largest absolute Gasteiger partial charge is 0.484 e. The van der Waals surface area contributed by atoms with Gasteiger partial charge in [0, 0.05) is 26.2 Å². The Kier molecular flexibility index (Phi) is 5.92. The third kappa shape index (κ3) is 4.42. The molecule has 0 spiro atoms. The maximum Gasteiger partial charge on any atom is 0.260 e. The number of carbonyl (C=O) groups excluding carboxylic acids is 1. The quantitative estimate of drug-likeness (QED) is 0.626. The Balaban J connectivity index is 1.32. The van der Waals surface area contributed by atoms with Gasteiger partial charge >= 0.3 is 0 Å². The van der Waals surface area contributed by atoms with Crippen molar-refractivity contribution in [3.63, 3.8) is 0 Å². The number of carbonyl (C=O) groups is 1. The lowest BCUT2D eigenvalue weighted by Crippen LogP contribution is -2.50. The van der Waals surface area contributed by atoms with Gasteiger partial charge in [0.25, 0.3) is 5.91 Å². The number of anilines is 1. The van der Waals surface area contributed by atoms with Gasteiger partial charge in [0.15, 0.2) is 6.61 Å². The van der Waals surface area contributed by atoms with Crippen LogP contribution in [0.2, 0.25) is 0 Å². The molecule has 2 aromatic carbocycles. The van der Waals surface area contributed by atoms with Crippen LogP contribution in [-0.2, 0) is 4.79 Å². The van der Waals surface area contributed by atoms with Crippen molar-refractivity contribution in [2.75, 3.05) is 37.7 Å². The second-order valence-corrected chi connectivity index (χ2v) is 7.61. The molecule has 8 heteroatoms. The van der Waals surface area contributed by atoms with Crippen molar-refractivity contribution >= 4 is 11.9 Å². The minimum Gasteiger partial charge on any atom is -0.484 e. The predicted molar refractivity (Wildman–Crippen MR) is 114 cm³/mol. The van der Waals surface area contributed by atoms with Gasteiger partial charge in [-0.05, 0) is 46.2 Å². The zero-order valence-electron chi connectivity index (χ0n) is 17.3. The highest BCUT2D eigenvalue weighted by atomic mass is 16.5. The van der Waals surface area contributed by atoms with Crippen LogP contribution in [0.25, 0.3) is 5.69 Å². The fraction of sp³-hybridized carbons (Fsp3) is 0.364. The summed E-state index contributed by atoms with van der Waals surface area (Å²) in [5, 5.41) is 12.1. The van der Waals surface area contributed by atoms with Gasteiger partial charge in [-0.15, -0.1) is 0 Å². The summed E-state index contributed by atoms with van der Waals surface area (Å²) in [5.74, 6) is 1.84. The van der Waals surface area contributed by atoms with Crippen LogP contribution in [0.15, 0.2) is 54.6 Å². The van der Waals surface area contributed by atoms with Crippen LogP contribution in [0.1, 0.15) is 25.3 Å². The number of para-hydroxylation sites is 1. The molecule has 1 aliphatic rings. The highest BCUT2D eigenvalue weighted by Gasteiger charge is 2.25. The predicted octanol–water partition coefficient (Wildman–Crippen LogP) is 2.51. The Bertz CT molecular complexity index is 980. The van der Waals surface area contributed by atoms with E-state index in [9.17, 15) is 4.79 Å². The first-order chi connectivity index (χ1) is 14.6. The number of hydrogen-bond donors (Lipinski definition) is 0. The van der Waals surface area contributed by atoms with E-state index in [1.807, 2.05) is 53.4 Å². The number of piperazine rings is 1. The van der Waals surface area contributed by atoms with E-state index < -0.39 is 0 Å². The van der Waals surface area contributed by atoms with Crippen LogP contribution < -0.4 is 9.64 Å². The molecular weight excluding hydrogens is 380 g/mol. The Morgan fingerprint density at radius 2 is 1.80 bits per heavy atom. The van der Waals surface area contributed by atoms with Crippen LogP contribution in [0, 0.1) is 0 Å². The number of hydrogen-bond acceptors (Lipinski definition) is 6. The molecule has 1 saturated heterocycles. The van der Waals surface area contributed by atoms with Crippen molar-refractivity contribution in [1.29, 1.82) is 0 Å². The number of rotatable bonds is 6. The Morgan fingerprint density at radius 1 is 1.03 bits per heavy atom. The molecule has 0 bridgehead atoms. The Morgan fingerprint density at radius 3 is 2.53 bits per heavy atom. The van der Waals surface area contributed by atoms with E-state index in [0.29, 0.717) is 38.0 Å². The molecule has 156 valence electrons. The molecule has 30 heavy (non-hydrogen) atoms. The van der Waals surface area contributed by atoms with E-state index in [1.165, 1.54) is 5.56 Å². The van der Waals surface area contributed by atoms with E-state index in [-0.39, 0.29) is 12.5 Å². The van der Waals surface area contributed by atoms with Gasteiger partial charge in [-0.25, -0.2) is 0 Å². The van der Waals surface area contributed by atoms with Crippen LogP contribution in [0.4, 0.5) is 5.95 Å². The maximum absolute atomic E-state index is 12.6. The van der Waals surface area contributed by atoms with Crippen LogP contribution in [0.3, 0.4) is 0 Å². The topological polar surface area (TPSA) is 76.4 Å². The third-order valence-electron chi connectivity index (χ3n) is 5.26. The van der Waals surface area contributed by atoms with Crippen molar-refractivity contribution in [2.24, 2.45) is 0 Å². The van der Waals surface area contributed by atoms with E-state index in [1.54, 1.807) is 4.68 Å². The van der Waals surface area contributed by atoms with Gasteiger partial charge < -0.3 is 14.5 Å². The first-order valence-electron chi connectivity index (χ1n) is 10.2. The SMILES string of the molecule is CC(C)c1cccc(OCC(=O)N2CCN(c3nnnn3-c3ccccc3)CC2)c1. The summed E-state index contributed by atoms with van der Waals surface area (Å²) in [6.45, 7) is 6.87. The van der Waals surface area contributed by atoms with Gasteiger partial charge in [0.05, 0.1) is 5.69 Å². The lowest BCUT2D eigenvalue weighted by atomic mass is 10.0. The molecule has 1 amide bonds. The molecule has 3 aromatic rings. The van der Waals surface area contributed by atoms with Gasteiger partial charge in [0.2, 0.25) is 5.95 Å². The van der Waals surface area contributed by atoms with E-state index in [0.717, 1.165) is 11.4 Å². The molecule has 1 aliphatic heterocycles. The Labute approximate surface area is 176 Å². The summed E-state index contributed by atoms with van der Waals surface area (Å²) < 4.78 is 7.47. The molecule has 0 aliphatic carbocycles. The molecule has 0 saturated carbocycles. The van der Waals surface area contributed by atoms with Crippen LogP contribution in [-0.4, -0.2) is 63.8 Å². The molecule has 1 aromatic heterocycles. The molecule has 0 N–H and O–H groups in total. The number of ether oxygens (including phenoxy) is 1. The standard InChI is InChI=1S/C22H26N6O2/c1-17(2)18-7-6-10-20(15-18)30-16-21(29)26-11-13-27(14-12-26)22-23-24-25-28(22)19-8-4-3-5-9-19/h3-10,15,17H,11-14,16H2,1-2H3. The molecule has 0 unspecified atom stereocenters. The molecule has 1 fully saturated rings. The van der Waals surface area contributed by atoms with Crippen molar-refractivity contribution < 1.29 is 9.53 Å². The number of tetrazole rings is 1. The molecule has 8 nitrogen and oxygen atoms in total. The van der Waals surface area contributed by atoms with Crippen LogP contribution in [0.5, 0.6) is 5.75 Å². The smallest absolute Gasteiger partial charge is 0.260 e. The average Bonchev–Trinajstić information content (AvgIpc) is 3.28. The lowest BCUT2D eigenvalue weighted by molar-refractivity contribution is -0.133. The van der Waals surface area contributed by atoms with Crippen LogP contribution >= 0.6 is 0 Å². The summed E-state index contributed by atoms with van der Waals surface area (Å²) >= 11 is 0. The second kappa shape index (κ2) is 8.94. The molecule has 0 radical (unpaired) electrons. The monoisotopic (exact) mass is 406 g/mol. The number of aromatic nitrogens is 4. The number of benzene rings is 2. The number of amides is 1. The highest BCUT2D eigenvalue weighted by molar-refractivity contribution is 5.78. The summed E-state index contributed by atoms with van der Waals surface area (Å²) in [7, 11) is 0. The zero-order chi connectivity index (χ0) is 20.9. The Hall–Kier alpha value is -3.42. The second-order valence-electron chi connectivity index (χ2n) is 7.61. The summed E-state index contributed by atoms with van der Waals surface area (Å²) in [5.41, 5.74) is 2.11.